The summed E-state index contributed by atoms with van der Waals surface area (Å²) in [6, 6.07) is 1.76. The van der Waals surface area contributed by atoms with E-state index in [9.17, 15) is 4.79 Å². The molecule has 0 aromatic carbocycles. The summed E-state index contributed by atoms with van der Waals surface area (Å²) >= 11 is 0. The molecule has 1 amide bonds. The molecule has 0 radical (unpaired) electrons. The van der Waals surface area contributed by atoms with Crippen LogP contribution in [0.4, 0.5) is 0 Å². The number of nitrogens with two attached hydrogens (primary N) is 1. The van der Waals surface area contributed by atoms with Gasteiger partial charge in [-0.2, -0.15) is 5.26 Å². The van der Waals surface area contributed by atoms with Crippen molar-refractivity contribution in [2.45, 2.75) is 6.92 Å². The number of hydrogen-bond acceptors (Lipinski definition) is 3. The van der Waals surface area contributed by atoms with Gasteiger partial charge in [0, 0.05) is 14.1 Å². The largest absolute Gasteiger partial charge is 0.383 e. The van der Waals surface area contributed by atoms with E-state index >= 15 is 0 Å². The highest BCUT2D eigenvalue weighted by atomic mass is 16.1. The van der Waals surface area contributed by atoms with Crippen molar-refractivity contribution in [1.29, 1.82) is 5.26 Å². The molecule has 0 unspecified atom stereocenters. The van der Waals surface area contributed by atoms with Gasteiger partial charge in [0.2, 0.25) is 0 Å². The van der Waals surface area contributed by atoms with Crippen molar-refractivity contribution >= 4 is 5.91 Å². The second-order valence-corrected chi connectivity index (χ2v) is 2.81. The first-order chi connectivity index (χ1) is 5.99. The van der Waals surface area contributed by atoms with Crippen LogP contribution in [0.25, 0.3) is 0 Å². The van der Waals surface area contributed by atoms with Crippen LogP contribution >= 0.6 is 0 Å². The Bertz CT molecular complexity index is 294. The maximum absolute atomic E-state index is 10.7. The Morgan fingerprint density at radius 1 is 1.54 bits per heavy atom. The molecule has 0 saturated carbocycles. The predicted molar refractivity (Wildman–Crippen MR) is 50.3 cm³/mol. The highest BCUT2D eigenvalue weighted by Crippen LogP contribution is 2.03. The van der Waals surface area contributed by atoms with Crippen LogP contribution in [0.1, 0.15) is 6.92 Å². The monoisotopic (exact) mass is 179 g/mol. The normalized spacial score (nSPS) is 12.2. The first-order valence-electron chi connectivity index (χ1n) is 3.74. The summed E-state index contributed by atoms with van der Waals surface area (Å²) in [7, 11) is 3.69. The van der Waals surface area contributed by atoms with Gasteiger partial charge in [-0.15, -0.1) is 0 Å². The van der Waals surface area contributed by atoms with Gasteiger partial charge >= 0.3 is 0 Å². The molecule has 13 heavy (non-hydrogen) atoms. The first kappa shape index (κ1) is 11.2. The van der Waals surface area contributed by atoms with Crippen molar-refractivity contribution in [3.63, 3.8) is 0 Å². The molecular formula is C9H13N3O. The fourth-order valence-corrected chi connectivity index (χ4v) is 0.682. The van der Waals surface area contributed by atoms with E-state index in [0.717, 1.165) is 0 Å². The van der Waals surface area contributed by atoms with Gasteiger partial charge in [-0.1, -0.05) is 0 Å². The fraction of sp³-hybridized carbons (Fsp3) is 0.333. The third kappa shape index (κ3) is 3.97. The topological polar surface area (TPSA) is 70.1 Å². The predicted octanol–water partition coefficient (Wildman–Crippen LogP) is 0.387. The van der Waals surface area contributed by atoms with Gasteiger partial charge in [-0.05, 0) is 24.8 Å². The minimum Gasteiger partial charge on any atom is -0.383 e. The van der Waals surface area contributed by atoms with Gasteiger partial charge in [-0.3, -0.25) is 4.79 Å². The molecule has 70 valence electrons. The van der Waals surface area contributed by atoms with E-state index in [2.05, 4.69) is 0 Å². The van der Waals surface area contributed by atoms with Gasteiger partial charge < -0.3 is 10.6 Å². The third-order valence-electron chi connectivity index (χ3n) is 1.38. The molecule has 0 rings (SSSR count). The molecule has 0 saturated heterocycles. The lowest BCUT2D eigenvalue weighted by Gasteiger charge is -2.03. The number of carbonyl (C=O) groups excluding carboxylic acids is 1. The van der Waals surface area contributed by atoms with Crippen LogP contribution in [0.5, 0.6) is 0 Å². The van der Waals surface area contributed by atoms with Crippen LogP contribution in [0, 0.1) is 11.3 Å². The van der Waals surface area contributed by atoms with Crippen LogP contribution in [-0.4, -0.2) is 24.9 Å². The van der Waals surface area contributed by atoms with E-state index in [1.54, 1.807) is 30.2 Å². The molecule has 0 fully saturated rings. The Balaban J connectivity index is 4.80. The fourth-order valence-electron chi connectivity index (χ4n) is 0.682. The zero-order chi connectivity index (χ0) is 10.4. The number of nitriles is 1. The number of hydrogen-bond donors (Lipinski definition) is 1. The molecule has 0 atom stereocenters. The van der Waals surface area contributed by atoms with Crippen molar-refractivity contribution in [2.75, 3.05) is 14.1 Å². The summed E-state index contributed by atoms with van der Waals surface area (Å²) in [4.78, 5) is 12.5. The molecule has 0 heterocycles. The number of amides is 1. The van der Waals surface area contributed by atoms with Crippen molar-refractivity contribution in [3.05, 3.63) is 23.4 Å². The Morgan fingerprint density at radius 3 is 2.38 bits per heavy atom. The lowest BCUT2D eigenvalue weighted by atomic mass is 10.1. The van der Waals surface area contributed by atoms with Crippen molar-refractivity contribution in [3.8, 4) is 6.07 Å². The van der Waals surface area contributed by atoms with E-state index in [-0.39, 0.29) is 5.57 Å². The summed E-state index contributed by atoms with van der Waals surface area (Å²) in [5.41, 5.74) is 5.56. The number of rotatable bonds is 3. The highest BCUT2D eigenvalue weighted by Gasteiger charge is 2.05. The average molecular weight is 179 g/mol. The third-order valence-corrected chi connectivity index (χ3v) is 1.38. The van der Waals surface area contributed by atoms with E-state index in [1.165, 1.54) is 0 Å². The molecular weight excluding hydrogens is 166 g/mol. The van der Waals surface area contributed by atoms with E-state index in [0.29, 0.717) is 5.57 Å². The summed E-state index contributed by atoms with van der Waals surface area (Å²) in [5, 5.41) is 8.58. The molecule has 4 heteroatoms. The molecule has 4 nitrogen and oxygen atoms in total. The van der Waals surface area contributed by atoms with Gasteiger partial charge in [-0.25, -0.2) is 0 Å². The minimum absolute atomic E-state index is 0.00176. The Hall–Kier alpha value is -1.76. The average Bonchev–Trinajstić information content (AvgIpc) is 2.01. The molecule has 0 spiro atoms. The highest BCUT2D eigenvalue weighted by molar-refractivity contribution is 5.97. The van der Waals surface area contributed by atoms with Gasteiger partial charge in [0.1, 0.15) is 11.6 Å². The zero-order valence-electron chi connectivity index (χ0n) is 8.03. The number of primary amides is 1. The SMILES string of the molecule is CC(/C=C\N(C)C)=C(\C#N)C(N)=O. The molecule has 2 N–H and O–H groups in total. The summed E-state index contributed by atoms with van der Waals surface area (Å²) in [6.07, 6.45) is 3.42. The smallest absolute Gasteiger partial charge is 0.259 e. The minimum atomic E-state index is -0.691. The van der Waals surface area contributed by atoms with E-state index in [1.807, 2.05) is 14.1 Å². The van der Waals surface area contributed by atoms with E-state index < -0.39 is 5.91 Å². The maximum atomic E-state index is 10.7. The van der Waals surface area contributed by atoms with E-state index in [4.69, 9.17) is 11.0 Å². The van der Waals surface area contributed by atoms with Crippen LogP contribution in [0.3, 0.4) is 0 Å². The molecule has 0 aromatic rings. The van der Waals surface area contributed by atoms with Gasteiger partial charge in [0.05, 0.1) is 0 Å². The summed E-state index contributed by atoms with van der Waals surface area (Å²) in [6.45, 7) is 1.67. The van der Waals surface area contributed by atoms with Crippen LogP contribution < -0.4 is 5.73 Å². The lowest BCUT2D eigenvalue weighted by molar-refractivity contribution is -0.114. The van der Waals surface area contributed by atoms with Crippen LogP contribution in [0.2, 0.25) is 0 Å². The van der Waals surface area contributed by atoms with Gasteiger partial charge in [0.25, 0.3) is 5.91 Å². The lowest BCUT2D eigenvalue weighted by Crippen LogP contribution is -2.14. The second-order valence-electron chi connectivity index (χ2n) is 2.81. The standard InChI is InChI=1S/C9H13N3O/c1-7(4-5-12(2)3)8(6-10)9(11)13/h4-5H,1-3H3,(H2,11,13)/b5-4-,8-7-. The quantitative estimate of drug-likeness (QED) is 0.387. The second kappa shape index (κ2) is 4.99. The van der Waals surface area contributed by atoms with Crippen molar-refractivity contribution < 1.29 is 4.79 Å². The Kier molecular flexibility index (Phi) is 4.31. The Morgan fingerprint density at radius 2 is 2.08 bits per heavy atom. The molecule has 0 aromatic heterocycles. The molecule has 0 aliphatic rings. The van der Waals surface area contributed by atoms with Crippen molar-refractivity contribution in [2.24, 2.45) is 5.73 Å². The maximum Gasteiger partial charge on any atom is 0.259 e. The summed E-state index contributed by atoms with van der Waals surface area (Å²) < 4.78 is 0. The first-order valence-corrected chi connectivity index (χ1v) is 3.74. The summed E-state index contributed by atoms with van der Waals surface area (Å²) in [5.74, 6) is -0.691. The number of carbonyl (C=O) groups is 1. The molecule has 0 bridgehead atoms. The number of allylic oxidation sites excluding steroid dienone is 2. The zero-order valence-corrected chi connectivity index (χ0v) is 8.03. The molecule has 0 aliphatic carbocycles. The molecule has 0 aliphatic heterocycles. The van der Waals surface area contributed by atoms with Crippen LogP contribution in [0.15, 0.2) is 23.4 Å². The van der Waals surface area contributed by atoms with Gasteiger partial charge in [0.15, 0.2) is 0 Å². The Labute approximate surface area is 77.9 Å². The van der Waals surface area contributed by atoms with Crippen molar-refractivity contribution in [1.82, 2.24) is 4.90 Å². The van der Waals surface area contributed by atoms with Crippen LogP contribution in [-0.2, 0) is 4.79 Å². The number of nitrogens with zero attached hydrogens (tertiary/aromatic N) is 2.